The Bertz CT molecular complexity index is 948. The molecule has 6 rings (SSSR count). The van der Waals surface area contributed by atoms with Crippen molar-refractivity contribution >= 4 is 13.7 Å². The molecule has 3 aromatic carbocycles. The number of benzene rings is 3. The van der Waals surface area contributed by atoms with E-state index < -0.39 is 8.38 Å². The van der Waals surface area contributed by atoms with Crippen LogP contribution >= 0.6 is 8.38 Å². The van der Waals surface area contributed by atoms with Crippen LogP contribution in [-0.2, 0) is 18.3 Å². The normalized spacial score (nSPS) is 18.9. The van der Waals surface area contributed by atoms with Crippen molar-refractivity contribution in [2.24, 2.45) is 0 Å². The van der Waals surface area contributed by atoms with Crippen LogP contribution in [0.1, 0.15) is 35.1 Å². The van der Waals surface area contributed by atoms with Gasteiger partial charge in [-0.05, 0) is 61.1 Å². The molecule has 0 saturated carbocycles. The van der Waals surface area contributed by atoms with Crippen LogP contribution in [0.15, 0.2) is 66.7 Å². The second-order valence-electron chi connectivity index (χ2n) is 7.44. The second kappa shape index (κ2) is 5.34. The maximum atomic E-state index is 6.56. The van der Waals surface area contributed by atoms with Crippen molar-refractivity contribution in [1.29, 1.82) is 0 Å². The molecule has 0 unspecified atom stereocenters. The molecule has 26 heavy (non-hydrogen) atoms. The molecule has 0 N–H and O–H groups in total. The molecule has 1 heterocycles. The molecule has 0 amide bonds. The molecule has 1 aliphatic heterocycles. The van der Waals surface area contributed by atoms with Crippen LogP contribution in [0.2, 0.25) is 0 Å². The second-order valence-corrected chi connectivity index (χ2v) is 8.83. The summed E-state index contributed by atoms with van der Waals surface area (Å²) in [6.45, 7) is 0. The van der Waals surface area contributed by atoms with E-state index in [9.17, 15) is 0 Å². The lowest BCUT2D eigenvalue weighted by Crippen LogP contribution is -2.25. The van der Waals surface area contributed by atoms with E-state index in [-0.39, 0.29) is 5.41 Å². The third-order valence-electron chi connectivity index (χ3n) is 6.15. The van der Waals surface area contributed by atoms with E-state index in [1.165, 1.54) is 35.1 Å². The molecule has 3 aromatic rings. The lowest BCUT2D eigenvalue weighted by Gasteiger charge is -2.34. The topological polar surface area (TPSA) is 18.5 Å². The lowest BCUT2D eigenvalue weighted by molar-refractivity contribution is 0.432. The van der Waals surface area contributed by atoms with Gasteiger partial charge in [0.25, 0.3) is 0 Å². The molecule has 0 fully saturated rings. The van der Waals surface area contributed by atoms with Crippen LogP contribution < -0.4 is 14.4 Å². The van der Waals surface area contributed by atoms with E-state index in [0.717, 1.165) is 29.6 Å². The van der Waals surface area contributed by atoms with Gasteiger partial charge in [0, 0.05) is 16.5 Å². The quantitative estimate of drug-likeness (QED) is 0.552. The summed E-state index contributed by atoms with van der Waals surface area (Å²) in [5.41, 5.74) is 5.84. The van der Waals surface area contributed by atoms with Crippen molar-refractivity contribution in [3.8, 4) is 11.5 Å². The van der Waals surface area contributed by atoms with E-state index in [0.29, 0.717) is 0 Å². The number of aryl methyl sites for hydroxylation is 2. The van der Waals surface area contributed by atoms with Gasteiger partial charge in [-0.25, -0.2) is 0 Å². The van der Waals surface area contributed by atoms with E-state index in [1.807, 2.05) is 6.07 Å². The first-order chi connectivity index (χ1) is 12.9. The molecule has 1 spiro atoms. The molecule has 0 bridgehead atoms. The summed E-state index contributed by atoms with van der Waals surface area (Å²) >= 11 is 0. The highest BCUT2D eigenvalue weighted by molar-refractivity contribution is 7.56. The van der Waals surface area contributed by atoms with Crippen LogP contribution in [0, 0.1) is 0 Å². The lowest BCUT2D eigenvalue weighted by atomic mass is 9.76. The van der Waals surface area contributed by atoms with E-state index >= 15 is 0 Å². The zero-order valence-electron chi connectivity index (χ0n) is 14.4. The van der Waals surface area contributed by atoms with Crippen molar-refractivity contribution in [1.82, 2.24) is 0 Å². The SMILES string of the molecule is c1ccc(P2Oc3cccc4c3C3(CC4)CCc4cccc(c43)O2)cc1. The van der Waals surface area contributed by atoms with Gasteiger partial charge in [0.1, 0.15) is 11.5 Å². The fourth-order valence-corrected chi connectivity index (χ4v) is 6.43. The summed E-state index contributed by atoms with van der Waals surface area (Å²) in [6.07, 6.45) is 4.59. The number of hydrogen-bond donors (Lipinski definition) is 0. The predicted octanol–water partition coefficient (Wildman–Crippen LogP) is 5.27. The zero-order valence-corrected chi connectivity index (χ0v) is 15.3. The minimum absolute atomic E-state index is 0.0793. The monoisotopic (exact) mass is 358 g/mol. The minimum Gasteiger partial charge on any atom is -0.435 e. The van der Waals surface area contributed by atoms with Crippen molar-refractivity contribution in [2.45, 2.75) is 31.1 Å². The smallest absolute Gasteiger partial charge is 0.326 e. The van der Waals surface area contributed by atoms with Crippen molar-refractivity contribution < 1.29 is 9.05 Å². The van der Waals surface area contributed by atoms with Crippen LogP contribution in [0.5, 0.6) is 11.5 Å². The summed E-state index contributed by atoms with van der Waals surface area (Å²) < 4.78 is 13.1. The van der Waals surface area contributed by atoms with Gasteiger partial charge in [-0.2, -0.15) is 0 Å². The van der Waals surface area contributed by atoms with Gasteiger partial charge in [-0.15, -0.1) is 0 Å². The average molecular weight is 358 g/mol. The first-order valence-electron chi connectivity index (χ1n) is 9.31. The maximum absolute atomic E-state index is 6.56. The Kier molecular flexibility index (Phi) is 3.05. The van der Waals surface area contributed by atoms with E-state index in [1.54, 1.807) is 0 Å². The molecule has 2 aliphatic carbocycles. The summed E-state index contributed by atoms with van der Waals surface area (Å²) in [7, 11) is -1.19. The molecular weight excluding hydrogens is 339 g/mol. The third-order valence-corrected chi connectivity index (χ3v) is 7.60. The van der Waals surface area contributed by atoms with Crippen molar-refractivity contribution in [2.75, 3.05) is 0 Å². The molecule has 3 heteroatoms. The Labute approximate surface area is 154 Å². The first-order valence-corrected chi connectivity index (χ1v) is 10.5. The highest BCUT2D eigenvalue weighted by atomic mass is 31.2. The summed E-state index contributed by atoms with van der Waals surface area (Å²) in [6, 6.07) is 23.5. The largest absolute Gasteiger partial charge is 0.435 e. The van der Waals surface area contributed by atoms with E-state index in [2.05, 4.69) is 60.7 Å². The Morgan fingerprint density at radius 1 is 0.654 bits per heavy atom. The first kappa shape index (κ1) is 14.8. The maximum Gasteiger partial charge on any atom is 0.326 e. The van der Waals surface area contributed by atoms with Crippen LogP contribution in [0.25, 0.3) is 0 Å². The van der Waals surface area contributed by atoms with Gasteiger partial charge in [-0.3, -0.25) is 0 Å². The van der Waals surface area contributed by atoms with Gasteiger partial charge < -0.3 is 9.05 Å². The minimum atomic E-state index is -1.19. The highest BCUT2D eigenvalue weighted by Gasteiger charge is 2.50. The average Bonchev–Trinajstić information content (AvgIpc) is 3.24. The Morgan fingerprint density at radius 3 is 1.81 bits per heavy atom. The molecule has 3 aliphatic rings. The molecule has 0 saturated heterocycles. The standard InChI is InChI=1S/C23H19O2P/c1-2-8-18(9-3-1)26-24-19-10-4-6-16-12-14-23(21(16)19)15-13-17-7-5-11-20(25-26)22(17)23/h1-11H,12-15H2. The molecule has 0 radical (unpaired) electrons. The Morgan fingerprint density at radius 2 is 1.23 bits per heavy atom. The fraction of sp³-hybridized carbons (Fsp3) is 0.217. The van der Waals surface area contributed by atoms with Crippen molar-refractivity contribution in [3.63, 3.8) is 0 Å². The molecular formula is C23H19O2P. The summed E-state index contributed by atoms with van der Waals surface area (Å²) in [5, 5.41) is 1.11. The number of rotatable bonds is 1. The highest BCUT2D eigenvalue weighted by Crippen LogP contribution is 2.61. The van der Waals surface area contributed by atoms with Gasteiger partial charge in [0.2, 0.25) is 0 Å². The Balaban J connectivity index is 1.63. The van der Waals surface area contributed by atoms with Gasteiger partial charge in [0.05, 0.1) is 5.30 Å². The van der Waals surface area contributed by atoms with Gasteiger partial charge in [-0.1, -0.05) is 42.5 Å². The molecule has 2 nitrogen and oxygen atoms in total. The van der Waals surface area contributed by atoms with Crippen LogP contribution in [0.3, 0.4) is 0 Å². The Hall–Kier alpha value is -2.31. The molecule has 0 aromatic heterocycles. The summed E-state index contributed by atoms with van der Waals surface area (Å²) in [4.78, 5) is 0. The third kappa shape index (κ3) is 1.91. The predicted molar refractivity (Wildman–Crippen MR) is 105 cm³/mol. The van der Waals surface area contributed by atoms with Crippen LogP contribution in [-0.4, -0.2) is 0 Å². The number of hydrogen-bond acceptors (Lipinski definition) is 2. The molecule has 128 valence electrons. The molecule has 0 atom stereocenters. The van der Waals surface area contributed by atoms with Crippen LogP contribution in [0.4, 0.5) is 0 Å². The zero-order chi connectivity index (χ0) is 17.1. The summed E-state index contributed by atoms with van der Waals surface area (Å²) in [5.74, 6) is 2.05. The van der Waals surface area contributed by atoms with Gasteiger partial charge >= 0.3 is 8.38 Å². The van der Waals surface area contributed by atoms with Crippen molar-refractivity contribution in [3.05, 3.63) is 89.0 Å². The van der Waals surface area contributed by atoms with Gasteiger partial charge in [0.15, 0.2) is 0 Å². The fourth-order valence-electron chi connectivity index (χ4n) is 5.11. The van der Waals surface area contributed by atoms with E-state index in [4.69, 9.17) is 9.05 Å².